The Balaban J connectivity index is 2.47. The van der Waals surface area contributed by atoms with E-state index < -0.39 is 0 Å². The SMILES string of the molecule is NC1COc2c(Cl)cc(Br)cc2C1. The van der Waals surface area contributed by atoms with E-state index in [-0.39, 0.29) is 6.04 Å². The van der Waals surface area contributed by atoms with Crippen LogP contribution in [0.4, 0.5) is 0 Å². The van der Waals surface area contributed by atoms with Gasteiger partial charge in [0.05, 0.1) is 5.02 Å². The van der Waals surface area contributed by atoms with Gasteiger partial charge in [-0.2, -0.15) is 0 Å². The first-order valence-electron chi connectivity index (χ1n) is 4.03. The standard InChI is InChI=1S/C9H9BrClNO/c10-6-1-5-2-7(12)4-13-9(5)8(11)3-6/h1,3,7H,2,4,12H2. The predicted octanol–water partition coefficient (Wildman–Crippen LogP) is 2.36. The van der Waals surface area contributed by atoms with Gasteiger partial charge < -0.3 is 10.5 Å². The molecule has 1 aliphatic heterocycles. The van der Waals surface area contributed by atoms with Crippen LogP contribution in [0.1, 0.15) is 5.56 Å². The predicted molar refractivity (Wildman–Crippen MR) is 56.3 cm³/mol. The van der Waals surface area contributed by atoms with E-state index in [2.05, 4.69) is 15.9 Å². The fourth-order valence-electron chi connectivity index (χ4n) is 1.46. The van der Waals surface area contributed by atoms with Crippen molar-refractivity contribution in [2.75, 3.05) is 6.61 Å². The van der Waals surface area contributed by atoms with Gasteiger partial charge in [0.2, 0.25) is 0 Å². The fraction of sp³-hybridized carbons (Fsp3) is 0.333. The molecule has 1 aliphatic rings. The summed E-state index contributed by atoms with van der Waals surface area (Å²) in [7, 11) is 0. The molecule has 2 N–H and O–H groups in total. The third-order valence-corrected chi connectivity index (χ3v) is 2.75. The molecule has 1 unspecified atom stereocenters. The molecule has 0 amide bonds. The first-order valence-corrected chi connectivity index (χ1v) is 5.20. The van der Waals surface area contributed by atoms with Crippen molar-refractivity contribution < 1.29 is 4.74 Å². The average molecular weight is 263 g/mol. The smallest absolute Gasteiger partial charge is 0.141 e. The highest BCUT2D eigenvalue weighted by Gasteiger charge is 2.19. The quantitative estimate of drug-likeness (QED) is 0.779. The molecule has 0 spiro atoms. The van der Waals surface area contributed by atoms with Gasteiger partial charge >= 0.3 is 0 Å². The Bertz CT molecular complexity index is 343. The average Bonchev–Trinajstić information content (AvgIpc) is 2.02. The second-order valence-corrected chi connectivity index (χ2v) is 4.47. The fourth-order valence-corrected chi connectivity index (χ4v) is 2.39. The lowest BCUT2D eigenvalue weighted by Gasteiger charge is -2.23. The third-order valence-electron chi connectivity index (χ3n) is 2.01. The highest BCUT2D eigenvalue weighted by atomic mass is 79.9. The molecular formula is C9H9BrClNO. The van der Waals surface area contributed by atoms with Gasteiger partial charge in [-0.15, -0.1) is 0 Å². The molecule has 0 aliphatic carbocycles. The Morgan fingerprint density at radius 1 is 1.54 bits per heavy atom. The van der Waals surface area contributed by atoms with Gasteiger partial charge in [-0.1, -0.05) is 27.5 Å². The minimum Gasteiger partial charge on any atom is -0.490 e. The lowest BCUT2D eigenvalue weighted by atomic mass is 10.0. The zero-order valence-corrected chi connectivity index (χ0v) is 9.23. The first-order chi connectivity index (χ1) is 6.16. The highest BCUT2D eigenvalue weighted by Crippen LogP contribution is 2.35. The maximum atomic E-state index is 6.00. The molecular weight excluding hydrogens is 253 g/mol. The number of benzene rings is 1. The molecule has 2 nitrogen and oxygen atoms in total. The molecule has 0 aromatic heterocycles. The van der Waals surface area contributed by atoms with E-state index in [1.807, 2.05) is 12.1 Å². The van der Waals surface area contributed by atoms with Gasteiger partial charge in [0.15, 0.2) is 0 Å². The van der Waals surface area contributed by atoms with Crippen LogP contribution in [0.5, 0.6) is 5.75 Å². The van der Waals surface area contributed by atoms with Crippen LogP contribution in [0, 0.1) is 0 Å². The summed E-state index contributed by atoms with van der Waals surface area (Å²) in [4.78, 5) is 0. The third kappa shape index (κ3) is 1.82. The molecule has 0 radical (unpaired) electrons. The van der Waals surface area contributed by atoms with Crippen molar-refractivity contribution in [3.05, 3.63) is 27.2 Å². The van der Waals surface area contributed by atoms with Crippen LogP contribution in [0.25, 0.3) is 0 Å². The van der Waals surface area contributed by atoms with Gasteiger partial charge in [0.25, 0.3) is 0 Å². The highest BCUT2D eigenvalue weighted by molar-refractivity contribution is 9.10. The maximum absolute atomic E-state index is 6.00. The van der Waals surface area contributed by atoms with Crippen LogP contribution >= 0.6 is 27.5 Å². The van der Waals surface area contributed by atoms with Gasteiger partial charge in [-0.25, -0.2) is 0 Å². The van der Waals surface area contributed by atoms with E-state index in [9.17, 15) is 0 Å². The van der Waals surface area contributed by atoms with Crippen molar-refractivity contribution in [2.45, 2.75) is 12.5 Å². The molecule has 0 saturated carbocycles. The van der Waals surface area contributed by atoms with Gasteiger partial charge in [0, 0.05) is 10.5 Å². The molecule has 2 rings (SSSR count). The van der Waals surface area contributed by atoms with Crippen LogP contribution in [0.3, 0.4) is 0 Å². The molecule has 1 aromatic carbocycles. The molecule has 0 bridgehead atoms. The van der Waals surface area contributed by atoms with Gasteiger partial charge in [0.1, 0.15) is 12.4 Å². The maximum Gasteiger partial charge on any atom is 0.141 e. The summed E-state index contributed by atoms with van der Waals surface area (Å²) < 4.78 is 6.41. The summed E-state index contributed by atoms with van der Waals surface area (Å²) in [5.74, 6) is 0.784. The number of ether oxygens (including phenoxy) is 1. The summed E-state index contributed by atoms with van der Waals surface area (Å²) in [6.07, 6.45) is 0.828. The molecule has 70 valence electrons. The van der Waals surface area contributed by atoms with E-state index in [0.717, 1.165) is 22.2 Å². The largest absolute Gasteiger partial charge is 0.490 e. The molecule has 1 aromatic rings. The van der Waals surface area contributed by atoms with Gasteiger partial charge in [-0.3, -0.25) is 0 Å². The molecule has 1 atom stereocenters. The number of hydrogen-bond donors (Lipinski definition) is 1. The van der Waals surface area contributed by atoms with Crippen molar-refractivity contribution in [3.63, 3.8) is 0 Å². The summed E-state index contributed by atoms with van der Waals surface area (Å²) >= 11 is 9.38. The van der Waals surface area contributed by atoms with Crippen LogP contribution in [0.2, 0.25) is 5.02 Å². The van der Waals surface area contributed by atoms with Crippen LogP contribution in [-0.2, 0) is 6.42 Å². The van der Waals surface area contributed by atoms with Crippen molar-refractivity contribution in [1.82, 2.24) is 0 Å². The topological polar surface area (TPSA) is 35.2 Å². The van der Waals surface area contributed by atoms with E-state index in [0.29, 0.717) is 11.6 Å². The summed E-state index contributed by atoms with van der Waals surface area (Å²) in [6.45, 7) is 0.550. The Hall–Kier alpha value is -0.250. The zero-order chi connectivity index (χ0) is 9.42. The first kappa shape index (κ1) is 9.31. The monoisotopic (exact) mass is 261 g/mol. The molecule has 0 saturated heterocycles. The second kappa shape index (κ2) is 3.48. The molecule has 1 heterocycles. The molecule has 0 fully saturated rings. The Morgan fingerprint density at radius 3 is 3.08 bits per heavy atom. The number of hydrogen-bond acceptors (Lipinski definition) is 2. The minimum absolute atomic E-state index is 0.0814. The van der Waals surface area contributed by atoms with Crippen molar-refractivity contribution in [2.24, 2.45) is 5.73 Å². The molecule has 4 heteroatoms. The Kier molecular flexibility index (Phi) is 2.49. The van der Waals surface area contributed by atoms with Crippen LogP contribution in [0.15, 0.2) is 16.6 Å². The number of fused-ring (bicyclic) bond motifs is 1. The van der Waals surface area contributed by atoms with Crippen molar-refractivity contribution in [1.29, 1.82) is 0 Å². The van der Waals surface area contributed by atoms with Crippen molar-refractivity contribution in [3.8, 4) is 5.75 Å². The van der Waals surface area contributed by atoms with E-state index >= 15 is 0 Å². The number of halogens is 2. The molecule has 13 heavy (non-hydrogen) atoms. The van der Waals surface area contributed by atoms with E-state index in [4.69, 9.17) is 22.1 Å². The second-order valence-electron chi connectivity index (χ2n) is 3.15. The summed E-state index contributed by atoms with van der Waals surface area (Å²) in [6, 6.07) is 3.91. The number of nitrogens with two attached hydrogens (primary N) is 1. The Labute approximate surface area is 90.1 Å². The van der Waals surface area contributed by atoms with E-state index in [1.54, 1.807) is 0 Å². The normalized spacial score (nSPS) is 20.7. The Morgan fingerprint density at radius 2 is 2.31 bits per heavy atom. The van der Waals surface area contributed by atoms with Crippen LogP contribution in [-0.4, -0.2) is 12.6 Å². The lowest BCUT2D eigenvalue weighted by Crippen LogP contribution is -2.33. The minimum atomic E-state index is 0.0814. The lowest BCUT2D eigenvalue weighted by molar-refractivity contribution is 0.263. The number of rotatable bonds is 0. The zero-order valence-electron chi connectivity index (χ0n) is 6.89. The van der Waals surface area contributed by atoms with E-state index in [1.165, 1.54) is 0 Å². The summed E-state index contributed by atoms with van der Waals surface area (Å²) in [5.41, 5.74) is 6.85. The van der Waals surface area contributed by atoms with Crippen LogP contribution < -0.4 is 10.5 Å². The van der Waals surface area contributed by atoms with Crippen molar-refractivity contribution >= 4 is 27.5 Å². The van der Waals surface area contributed by atoms with Gasteiger partial charge in [-0.05, 0) is 24.1 Å². The summed E-state index contributed by atoms with van der Waals surface area (Å²) in [5, 5.41) is 0.649.